The van der Waals surface area contributed by atoms with Crippen molar-refractivity contribution < 1.29 is 4.74 Å². The molecule has 0 amide bonds. The Morgan fingerprint density at radius 2 is 2.38 bits per heavy atom. The van der Waals surface area contributed by atoms with Gasteiger partial charge in [-0.15, -0.1) is 0 Å². The van der Waals surface area contributed by atoms with Gasteiger partial charge in [-0.1, -0.05) is 18.2 Å². The first-order valence-corrected chi connectivity index (χ1v) is 5.64. The average molecular weight is 214 g/mol. The Morgan fingerprint density at radius 1 is 1.38 bits per heavy atom. The predicted octanol–water partition coefficient (Wildman–Crippen LogP) is 2.33. The van der Waals surface area contributed by atoms with Crippen LogP contribution in [0.15, 0.2) is 30.7 Å². The van der Waals surface area contributed by atoms with Gasteiger partial charge in [0, 0.05) is 23.9 Å². The number of fused-ring (bicyclic) bond motifs is 1. The normalized spacial score (nSPS) is 14.2. The number of ether oxygens (including phenoxy) is 1. The molecule has 0 aliphatic carbocycles. The average Bonchev–Trinajstić information content (AvgIpc) is 2.82. The number of aromatic amines is 1. The molecule has 0 saturated carbocycles. The summed E-state index contributed by atoms with van der Waals surface area (Å²) in [5.41, 5.74) is 3.72. The van der Waals surface area contributed by atoms with Crippen LogP contribution in [-0.4, -0.2) is 16.6 Å². The molecular formula is C13H14N2O. The van der Waals surface area contributed by atoms with Crippen molar-refractivity contribution in [2.24, 2.45) is 0 Å². The number of benzene rings is 1. The lowest BCUT2D eigenvalue weighted by molar-refractivity contribution is 0.285. The van der Waals surface area contributed by atoms with Gasteiger partial charge >= 0.3 is 0 Å². The van der Waals surface area contributed by atoms with Crippen molar-refractivity contribution in [2.75, 3.05) is 6.61 Å². The Balaban J connectivity index is 1.94. The SMILES string of the molecule is c1cc2c(c(Cc3cnc[nH]3)c1)OCCC2. The summed E-state index contributed by atoms with van der Waals surface area (Å²) in [6, 6.07) is 6.40. The fourth-order valence-electron chi connectivity index (χ4n) is 2.18. The summed E-state index contributed by atoms with van der Waals surface area (Å²) in [5, 5.41) is 0. The van der Waals surface area contributed by atoms with Crippen molar-refractivity contribution in [1.82, 2.24) is 9.97 Å². The van der Waals surface area contributed by atoms with E-state index in [4.69, 9.17) is 4.74 Å². The molecule has 1 N–H and O–H groups in total. The van der Waals surface area contributed by atoms with Gasteiger partial charge < -0.3 is 9.72 Å². The molecular weight excluding hydrogens is 200 g/mol. The Morgan fingerprint density at radius 3 is 3.25 bits per heavy atom. The minimum Gasteiger partial charge on any atom is -0.493 e. The summed E-state index contributed by atoms with van der Waals surface area (Å²) in [6.45, 7) is 0.840. The van der Waals surface area contributed by atoms with E-state index in [9.17, 15) is 0 Å². The third-order valence-electron chi connectivity index (χ3n) is 2.95. The van der Waals surface area contributed by atoms with Crippen molar-refractivity contribution in [3.8, 4) is 5.75 Å². The quantitative estimate of drug-likeness (QED) is 0.833. The minimum absolute atomic E-state index is 0.840. The van der Waals surface area contributed by atoms with E-state index in [0.717, 1.165) is 37.3 Å². The van der Waals surface area contributed by atoms with E-state index >= 15 is 0 Å². The van der Waals surface area contributed by atoms with Gasteiger partial charge in [0.25, 0.3) is 0 Å². The molecule has 0 saturated heterocycles. The number of para-hydroxylation sites is 1. The monoisotopic (exact) mass is 214 g/mol. The van der Waals surface area contributed by atoms with Gasteiger partial charge in [-0.25, -0.2) is 4.98 Å². The summed E-state index contributed by atoms with van der Waals surface area (Å²) < 4.78 is 5.77. The zero-order valence-electron chi connectivity index (χ0n) is 9.07. The van der Waals surface area contributed by atoms with Crippen LogP contribution < -0.4 is 4.74 Å². The summed E-state index contributed by atoms with van der Waals surface area (Å²) in [7, 11) is 0. The predicted molar refractivity (Wildman–Crippen MR) is 61.7 cm³/mol. The molecule has 1 aromatic carbocycles. The second-order valence-corrected chi connectivity index (χ2v) is 4.11. The smallest absolute Gasteiger partial charge is 0.126 e. The first-order valence-electron chi connectivity index (χ1n) is 5.64. The van der Waals surface area contributed by atoms with Crippen LogP contribution in [0.5, 0.6) is 5.75 Å². The highest BCUT2D eigenvalue weighted by molar-refractivity contribution is 5.44. The van der Waals surface area contributed by atoms with Crippen molar-refractivity contribution >= 4 is 0 Å². The molecule has 1 aliphatic rings. The Labute approximate surface area is 94.5 Å². The lowest BCUT2D eigenvalue weighted by atomic mass is 10.00. The lowest BCUT2D eigenvalue weighted by Crippen LogP contribution is -2.10. The molecule has 0 spiro atoms. The van der Waals surface area contributed by atoms with Gasteiger partial charge in [-0.2, -0.15) is 0 Å². The number of rotatable bonds is 2. The van der Waals surface area contributed by atoms with Gasteiger partial charge in [0.15, 0.2) is 0 Å². The molecule has 0 fully saturated rings. The first-order chi connectivity index (χ1) is 7.93. The Kier molecular flexibility index (Phi) is 2.37. The van der Waals surface area contributed by atoms with E-state index < -0.39 is 0 Å². The Bertz CT molecular complexity index is 477. The standard InChI is InChI=1S/C13H14N2O/c1-3-10-5-2-6-16-13(10)11(4-1)7-12-8-14-9-15-12/h1,3-4,8-9H,2,5-7H2,(H,14,15). The number of hydrogen-bond acceptors (Lipinski definition) is 2. The molecule has 0 bridgehead atoms. The van der Waals surface area contributed by atoms with Crippen LogP contribution in [0.4, 0.5) is 0 Å². The van der Waals surface area contributed by atoms with Crippen molar-refractivity contribution in [3.63, 3.8) is 0 Å². The molecule has 0 unspecified atom stereocenters. The molecule has 3 nitrogen and oxygen atoms in total. The van der Waals surface area contributed by atoms with Gasteiger partial charge in [0.2, 0.25) is 0 Å². The zero-order chi connectivity index (χ0) is 10.8. The summed E-state index contributed by atoms with van der Waals surface area (Å²) >= 11 is 0. The second-order valence-electron chi connectivity index (χ2n) is 4.11. The number of H-pyrrole nitrogens is 1. The molecule has 1 aromatic heterocycles. The number of imidazole rings is 1. The molecule has 82 valence electrons. The number of aromatic nitrogens is 2. The molecule has 3 rings (SSSR count). The summed E-state index contributed by atoms with van der Waals surface area (Å²) in [6.07, 6.45) is 6.70. The van der Waals surface area contributed by atoms with Gasteiger partial charge in [0.1, 0.15) is 5.75 Å². The van der Waals surface area contributed by atoms with Crippen LogP contribution in [0.1, 0.15) is 23.2 Å². The number of hydrogen-bond donors (Lipinski definition) is 1. The van der Waals surface area contributed by atoms with Gasteiger partial charge in [-0.3, -0.25) is 0 Å². The maximum Gasteiger partial charge on any atom is 0.126 e. The van der Waals surface area contributed by atoms with E-state index in [-0.39, 0.29) is 0 Å². The van der Waals surface area contributed by atoms with Crippen LogP contribution in [0.3, 0.4) is 0 Å². The van der Waals surface area contributed by atoms with E-state index in [0.29, 0.717) is 0 Å². The molecule has 16 heavy (non-hydrogen) atoms. The van der Waals surface area contributed by atoms with Gasteiger partial charge in [0.05, 0.1) is 12.9 Å². The minimum atomic E-state index is 0.840. The van der Waals surface area contributed by atoms with Crippen molar-refractivity contribution in [1.29, 1.82) is 0 Å². The molecule has 3 heteroatoms. The molecule has 1 aliphatic heterocycles. The first kappa shape index (κ1) is 9.46. The van der Waals surface area contributed by atoms with Crippen LogP contribution >= 0.6 is 0 Å². The van der Waals surface area contributed by atoms with E-state index in [1.54, 1.807) is 6.33 Å². The third kappa shape index (κ3) is 1.69. The zero-order valence-corrected chi connectivity index (χ0v) is 9.07. The molecule has 0 radical (unpaired) electrons. The number of nitrogens with zero attached hydrogens (tertiary/aromatic N) is 1. The van der Waals surface area contributed by atoms with Crippen LogP contribution in [-0.2, 0) is 12.8 Å². The lowest BCUT2D eigenvalue weighted by Gasteiger charge is -2.20. The van der Waals surface area contributed by atoms with Crippen LogP contribution in [0, 0.1) is 0 Å². The van der Waals surface area contributed by atoms with Crippen LogP contribution in [0.25, 0.3) is 0 Å². The number of nitrogens with one attached hydrogen (secondary N) is 1. The second kappa shape index (κ2) is 4.00. The largest absolute Gasteiger partial charge is 0.493 e. The Hall–Kier alpha value is -1.77. The van der Waals surface area contributed by atoms with E-state index in [1.165, 1.54) is 11.1 Å². The van der Waals surface area contributed by atoms with Gasteiger partial charge in [-0.05, 0) is 18.4 Å². The fourth-order valence-corrected chi connectivity index (χ4v) is 2.18. The number of aryl methyl sites for hydroxylation is 1. The van der Waals surface area contributed by atoms with E-state index in [2.05, 4.69) is 28.2 Å². The third-order valence-corrected chi connectivity index (χ3v) is 2.95. The highest BCUT2D eigenvalue weighted by Gasteiger charge is 2.14. The summed E-state index contributed by atoms with van der Waals surface area (Å²) in [5.74, 6) is 1.09. The molecule has 0 atom stereocenters. The topological polar surface area (TPSA) is 37.9 Å². The molecule has 2 aromatic rings. The highest BCUT2D eigenvalue weighted by Crippen LogP contribution is 2.29. The van der Waals surface area contributed by atoms with Crippen molar-refractivity contribution in [3.05, 3.63) is 47.5 Å². The maximum absolute atomic E-state index is 5.77. The van der Waals surface area contributed by atoms with E-state index in [1.807, 2.05) is 6.20 Å². The molecule has 2 heterocycles. The van der Waals surface area contributed by atoms with Crippen LogP contribution in [0.2, 0.25) is 0 Å². The summed E-state index contributed by atoms with van der Waals surface area (Å²) in [4.78, 5) is 7.16. The highest BCUT2D eigenvalue weighted by atomic mass is 16.5. The fraction of sp³-hybridized carbons (Fsp3) is 0.308. The van der Waals surface area contributed by atoms with Crippen molar-refractivity contribution in [2.45, 2.75) is 19.3 Å². The maximum atomic E-state index is 5.77.